The number of aryl methyl sites for hydroxylation is 1. The average molecular weight is 194 g/mol. The third-order valence-corrected chi connectivity index (χ3v) is 1.68. The molecule has 0 amide bonds. The molecule has 0 spiro atoms. The minimum absolute atomic E-state index is 0.0244. The summed E-state index contributed by atoms with van der Waals surface area (Å²) in [6.07, 6.45) is 1.32. The molecular formula is C9H10N2O3. The maximum absolute atomic E-state index is 10.6. The Balaban J connectivity index is 3.15. The molecule has 0 fully saturated rings. The SMILES string of the molecule is CO/N=C/c1cc(C)ccc1[N+](=O)[O-]. The fourth-order valence-electron chi connectivity index (χ4n) is 1.05. The summed E-state index contributed by atoms with van der Waals surface area (Å²) in [5.74, 6) is 0. The van der Waals surface area contributed by atoms with Crippen LogP contribution >= 0.6 is 0 Å². The molecule has 0 saturated carbocycles. The molecule has 1 aromatic rings. The molecule has 0 saturated heterocycles. The smallest absolute Gasteiger partial charge is 0.278 e. The summed E-state index contributed by atoms with van der Waals surface area (Å²) in [7, 11) is 1.39. The number of hydrogen-bond acceptors (Lipinski definition) is 4. The molecule has 5 nitrogen and oxygen atoms in total. The van der Waals surface area contributed by atoms with Gasteiger partial charge in [-0.25, -0.2) is 0 Å². The predicted octanol–water partition coefficient (Wildman–Crippen LogP) is 1.88. The van der Waals surface area contributed by atoms with E-state index >= 15 is 0 Å². The van der Waals surface area contributed by atoms with Crippen molar-refractivity contribution in [3.8, 4) is 0 Å². The summed E-state index contributed by atoms with van der Waals surface area (Å²) < 4.78 is 0. The lowest BCUT2D eigenvalue weighted by Crippen LogP contribution is -1.95. The summed E-state index contributed by atoms with van der Waals surface area (Å²) >= 11 is 0. The molecule has 0 unspecified atom stereocenters. The second-order valence-corrected chi connectivity index (χ2v) is 2.74. The first kappa shape index (κ1) is 10.2. The Kier molecular flexibility index (Phi) is 3.17. The second-order valence-electron chi connectivity index (χ2n) is 2.74. The lowest BCUT2D eigenvalue weighted by molar-refractivity contribution is -0.385. The van der Waals surface area contributed by atoms with Gasteiger partial charge in [0.15, 0.2) is 0 Å². The summed E-state index contributed by atoms with van der Waals surface area (Å²) in [5.41, 5.74) is 1.40. The first-order valence-corrected chi connectivity index (χ1v) is 3.96. The van der Waals surface area contributed by atoms with Crippen LogP contribution in [-0.2, 0) is 4.84 Å². The van der Waals surface area contributed by atoms with Crippen molar-refractivity contribution in [2.45, 2.75) is 6.92 Å². The molecule has 1 aromatic carbocycles. The van der Waals surface area contributed by atoms with Gasteiger partial charge in [0.2, 0.25) is 0 Å². The van der Waals surface area contributed by atoms with Crippen molar-refractivity contribution in [1.82, 2.24) is 0 Å². The lowest BCUT2D eigenvalue weighted by Gasteiger charge is -1.97. The van der Waals surface area contributed by atoms with Gasteiger partial charge in [-0.1, -0.05) is 11.2 Å². The Hall–Kier alpha value is -1.91. The Bertz CT molecular complexity index is 374. The van der Waals surface area contributed by atoms with E-state index in [-0.39, 0.29) is 5.69 Å². The maximum Gasteiger partial charge on any atom is 0.278 e. The van der Waals surface area contributed by atoms with Crippen LogP contribution in [0.4, 0.5) is 5.69 Å². The molecule has 0 atom stereocenters. The molecular weight excluding hydrogens is 184 g/mol. The van der Waals surface area contributed by atoms with E-state index in [9.17, 15) is 10.1 Å². The van der Waals surface area contributed by atoms with Crippen molar-refractivity contribution < 1.29 is 9.76 Å². The number of oxime groups is 1. The number of nitrogens with zero attached hydrogens (tertiary/aromatic N) is 2. The van der Waals surface area contributed by atoms with Crippen molar-refractivity contribution in [2.75, 3.05) is 7.11 Å². The van der Waals surface area contributed by atoms with Gasteiger partial charge >= 0.3 is 0 Å². The number of rotatable bonds is 3. The van der Waals surface area contributed by atoms with Crippen molar-refractivity contribution in [1.29, 1.82) is 0 Å². The number of nitro benzene ring substituents is 1. The van der Waals surface area contributed by atoms with Gasteiger partial charge in [-0.2, -0.15) is 0 Å². The first-order valence-electron chi connectivity index (χ1n) is 3.96. The van der Waals surface area contributed by atoms with E-state index in [2.05, 4.69) is 9.99 Å². The van der Waals surface area contributed by atoms with E-state index < -0.39 is 4.92 Å². The molecule has 0 heterocycles. The molecule has 0 bridgehead atoms. The highest BCUT2D eigenvalue weighted by Gasteiger charge is 2.11. The van der Waals surface area contributed by atoms with Gasteiger partial charge in [0.05, 0.1) is 16.7 Å². The Morgan fingerprint density at radius 2 is 2.29 bits per heavy atom. The van der Waals surface area contributed by atoms with E-state index in [1.165, 1.54) is 19.4 Å². The molecule has 5 heteroatoms. The monoisotopic (exact) mass is 194 g/mol. The van der Waals surface area contributed by atoms with Crippen molar-refractivity contribution in [3.05, 3.63) is 39.4 Å². The minimum atomic E-state index is -0.448. The lowest BCUT2D eigenvalue weighted by atomic mass is 10.1. The van der Waals surface area contributed by atoms with Gasteiger partial charge in [-0.15, -0.1) is 0 Å². The highest BCUT2D eigenvalue weighted by molar-refractivity contribution is 5.85. The van der Waals surface area contributed by atoms with E-state index in [1.54, 1.807) is 12.1 Å². The van der Waals surface area contributed by atoms with Gasteiger partial charge < -0.3 is 4.84 Å². The number of hydrogen-bond donors (Lipinski definition) is 0. The molecule has 74 valence electrons. The summed E-state index contributed by atoms with van der Waals surface area (Å²) in [6.45, 7) is 1.86. The Labute approximate surface area is 81.1 Å². The van der Waals surface area contributed by atoms with Gasteiger partial charge in [0.25, 0.3) is 5.69 Å². The highest BCUT2D eigenvalue weighted by Crippen LogP contribution is 2.17. The number of nitro groups is 1. The molecule has 0 N–H and O–H groups in total. The molecule has 14 heavy (non-hydrogen) atoms. The fourth-order valence-corrected chi connectivity index (χ4v) is 1.05. The molecule has 1 rings (SSSR count). The van der Waals surface area contributed by atoms with E-state index in [4.69, 9.17) is 0 Å². The van der Waals surface area contributed by atoms with Crippen molar-refractivity contribution in [2.24, 2.45) is 5.16 Å². The summed E-state index contributed by atoms with van der Waals surface area (Å²) in [4.78, 5) is 14.6. The summed E-state index contributed by atoms with van der Waals surface area (Å²) in [5, 5.41) is 14.1. The highest BCUT2D eigenvalue weighted by atomic mass is 16.6. The molecule has 0 radical (unpaired) electrons. The van der Waals surface area contributed by atoms with Crippen LogP contribution in [0.3, 0.4) is 0 Å². The zero-order valence-corrected chi connectivity index (χ0v) is 7.93. The Morgan fingerprint density at radius 1 is 1.57 bits per heavy atom. The molecule has 0 aliphatic carbocycles. The van der Waals surface area contributed by atoms with E-state index in [0.717, 1.165) is 5.56 Å². The van der Waals surface area contributed by atoms with Gasteiger partial charge in [-0.3, -0.25) is 10.1 Å². The third-order valence-electron chi connectivity index (χ3n) is 1.68. The van der Waals surface area contributed by atoms with E-state index in [0.29, 0.717) is 5.56 Å². The zero-order valence-electron chi connectivity index (χ0n) is 7.93. The molecule has 0 aliphatic heterocycles. The van der Waals surface area contributed by atoms with Gasteiger partial charge in [0.1, 0.15) is 7.11 Å². The molecule has 0 aliphatic rings. The quantitative estimate of drug-likeness (QED) is 0.419. The Morgan fingerprint density at radius 3 is 2.86 bits per heavy atom. The third kappa shape index (κ3) is 2.29. The van der Waals surface area contributed by atoms with Crippen LogP contribution in [0.1, 0.15) is 11.1 Å². The first-order chi connectivity index (χ1) is 6.65. The van der Waals surface area contributed by atoms with Crippen LogP contribution in [0, 0.1) is 17.0 Å². The largest absolute Gasteiger partial charge is 0.399 e. The van der Waals surface area contributed by atoms with Crippen LogP contribution < -0.4 is 0 Å². The second kappa shape index (κ2) is 4.36. The van der Waals surface area contributed by atoms with Crippen LogP contribution in [0.25, 0.3) is 0 Å². The van der Waals surface area contributed by atoms with Crippen molar-refractivity contribution >= 4 is 11.9 Å². The van der Waals surface area contributed by atoms with Gasteiger partial charge in [-0.05, 0) is 18.6 Å². The fraction of sp³-hybridized carbons (Fsp3) is 0.222. The predicted molar refractivity (Wildman–Crippen MR) is 52.4 cm³/mol. The standard InChI is InChI=1S/C9H10N2O3/c1-7-3-4-9(11(12)13)8(5-7)6-10-14-2/h3-6H,1-2H3/b10-6+. The molecule has 0 aromatic heterocycles. The topological polar surface area (TPSA) is 64.7 Å². The van der Waals surface area contributed by atoms with Crippen LogP contribution in [0.5, 0.6) is 0 Å². The van der Waals surface area contributed by atoms with E-state index in [1.807, 2.05) is 6.92 Å². The van der Waals surface area contributed by atoms with Crippen LogP contribution in [0.2, 0.25) is 0 Å². The zero-order chi connectivity index (χ0) is 10.6. The summed E-state index contributed by atoms with van der Waals surface area (Å²) in [6, 6.07) is 4.81. The van der Waals surface area contributed by atoms with Crippen LogP contribution in [0.15, 0.2) is 23.4 Å². The van der Waals surface area contributed by atoms with Crippen molar-refractivity contribution in [3.63, 3.8) is 0 Å². The average Bonchev–Trinajstić information content (AvgIpc) is 2.14. The number of benzene rings is 1. The van der Waals surface area contributed by atoms with Gasteiger partial charge in [0, 0.05) is 6.07 Å². The minimum Gasteiger partial charge on any atom is -0.399 e. The maximum atomic E-state index is 10.6. The normalized spacial score (nSPS) is 10.4. The van der Waals surface area contributed by atoms with Crippen LogP contribution in [-0.4, -0.2) is 18.2 Å².